The van der Waals surface area contributed by atoms with E-state index in [1.807, 2.05) is 11.8 Å². The van der Waals surface area contributed by atoms with Crippen LogP contribution in [0.25, 0.3) is 43.6 Å². The van der Waals surface area contributed by atoms with E-state index in [1.165, 1.54) is 70.1 Å². The Hall–Kier alpha value is -2.62. The normalized spacial score (nSPS) is 13.6. The highest BCUT2D eigenvalue weighted by Crippen LogP contribution is 2.53. The number of fused-ring (bicyclic) bond motifs is 5. The molecule has 0 N–H and O–H groups in total. The van der Waals surface area contributed by atoms with Crippen LogP contribution in [0.5, 0.6) is 0 Å². The lowest BCUT2D eigenvalue weighted by atomic mass is 9.82. The number of hydrogen-bond donors (Lipinski definition) is 0. The minimum atomic E-state index is -1.54. The summed E-state index contributed by atoms with van der Waals surface area (Å²) in [6.45, 7) is 21.6. The van der Waals surface area contributed by atoms with Crippen LogP contribution >= 0.6 is 11.8 Å². The van der Waals surface area contributed by atoms with Crippen LogP contribution in [0.15, 0.2) is 64.5 Å². The molecule has 1 nitrogen and oxygen atoms in total. The Labute approximate surface area is 246 Å². The lowest BCUT2D eigenvalue weighted by molar-refractivity contribution is -0.659. The van der Waals surface area contributed by atoms with Gasteiger partial charge in [-0.15, -0.1) is 0 Å². The SMILES string of the molecule is Cc1c2c(c(CC(C)(C)C)c3ccc(CC(C)C)cc13)Sc1cc3cccc([Si](C)(C)C)c3c3cc[n+](C)c-2c13. The second-order valence-electron chi connectivity index (χ2n) is 14.7. The smallest absolute Gasteiger partial charge is 0.200 e. The van der Waals surface area contributed by atoms with E-state index in [9.17, 15) is 0 Å². The van der Waals surface area contributed by atoms with Gasteiger partial charge in [0.2, 0.25) is 5.69 Å². The molecule has 206 valence electrons. The number of aryl methyl sites for hydroxylation is 2. The van der Waals surface area contributed by atoms with Crippen LogP contribution in [-0.2, 0) is 19.9 Å². The van der Waals surface area contributed by atoms with Crippen molar-refractivity contribution in [1.82, 2.24) is 0 Å². The van der Waals surface area contributed by atoms with Crippen molar-refractivity contribution in [3.8, 4) is 11.3 Å². The molecule has 1 aliphatic rings. The molecular formula is C37H44NSSi+. The van der Waals surface area contributed by atoms with Gasteiger partial charge in [0.15, 0.2) is 6.20 Å². The number of hydrogen-bond acceptors (Lipinski definition) is 1. The number of aromatic nitrogens is 1. The molecule has 1 aliphatic heterocycles. The number of benzene rings is 4. The molecule has 0 saturated carbocycles. The van der Waals surface area contributed by atoms with E-state index in [1.54, 1.807) is 5.19 Å². The molecule has 0 radical (unpaired) electrons. The summed E-state index contributed by atoms with van der Waals surface area (Å²) in [5.74, 6) is 0.646. The first-order valence-electron chi connectivity index (χ1n) is 14.9. The van der Waals surface area contributed by atoms with Gasteiger partial charge in [-0.1, -0.05) is 108 Å². The number of rotatable bonds is 4. The number of nitrogens with zero attached hydrogens (tertiary/aromatic N) is 1. The third-order valence-electron chi connectivity index (χ3n) is 8.52. The standard InChI is InChI=1S/C37H44NSSi/c1-22(2)18-24-14-15-26-28(19-24)23(3)32-35-34-27(16-17-38(35)7)33-25(12-11-13-31(33)40(8,9)10)20-30(34)39-36(32)29(26)21-37(4,5)6/h11-17,19-20,22H,18,21H2,1-10H3/q+1. The fourth-order valence-corrected chi connectivity index (χ4v) is 9.87. The van der Waals surface area contributed by atoms with Gasteiger partial charge in [-0.3, -0.25) is 0 Å². The van der Waals surface area contributed by atoms with Crippen LogP contribution in [0.4, 0.5) is 0 Å². The van der Waals surface area contributed by atoms with Gasteiger partial charge in [0.05, 0.1) is 19.0 Å². The molecule has 0 spiro atoms. The highest BCUT2D eigenvalue weighted by molar-refractivity contribution is 8.00. The van der Waals surface area contributed by atoms with Crippen LogP contribution in [-0.4, -0.2) is 8.07 Å². The highest BCUT2D eigenvalue weighted by atomic mass is 32.2. The molecule has 0 atom stereocenters. The van der Waals surface area contributed by atoms with Crippen LogP contribution in [0, 0.1) is 18.3 Å². The first kappa shape index (κ1) is 27.5. The Balaban J connectivity index is 1.78. The summed E-state index contributed by atoms with van der Waals surface area (Å²) in [5.41, 5.74) is 7.42. The topological polar surface area (TPSA) is 3.88 Å². The van der Waals surface area contributed by atoms with Crippen LogP contribution in [0.3, 0.4) is 0 Å². The van der Waals surface area contributed by atoms with Gasteiger partial charge >= 0.3 is 0 Å². The molecule has 40 heavy (non-hydrogen) atoms. The lowest BCUT2D eigenvalue weighted by Gasteiger charge is -2.29. The summed E-state index contributed by atoms with van der Waals surface area (Å²) in [4.78, 5) is 2.87. The monoisotopic (exact) mass is 562 g/mol. The summed E-state index contributed by atoms with van der Waals surface area (Å²) in [6.07, 6.45) is 4.49. The van der Waals surface area contributed by atoms with Gasteiger partial charge in [0, 0.05) is 21.2 Å². The molecule has 6 rings (SSSR count). The maximum absolute atomic E-state index is 2.50. The zero-order chi connectivity index (χ0) is 28.7. The summed E-state index contributed by atoms with van der Waals surface area (Å²) in [7, 11) is 0.702. The van der Waals surface area contributed by atoms with Crippen molar-refractivity contribution < 1.29 is 4.57 Å². The zero-order valence-electron chi connectivity index (χ0n) is 26.0. The average Bonchev–Trinajstić information content (AvgIpc) is 2.85. The van der Waals surface area contributed by atoms with Gasteiger partial charge < -0.3 is 0 Å². The van der Waals surface area contributed by atoms with Crippen molar-refractivity contribution in [2.45, 2.75) is 83.8 Å². The Bertz CT molecular complexity index is 1830. The molecule has 3 heteroatoms. The van der Waals surface area contributed by atoms with Gasteiger partial charge in [-0.05, 0) is 75.4 Å². The molecule has 1 aromatic heterocycles. The second kappa shape index (κ2) is 9.46. The van der Waals surface area contributed by atoms with E-state index in [2.05, 4.69) is 128 Å². The van der Waals surface area contributed by atoms with Crippen molar-refractivity contribution in [2.24, 2.45) is 18.4 Å². The summed E-state index contributed by atoms with van der Waals surface area (Å²) >= 11 is 2.02. The minimum Gasteiger partial charge on any atom is -0.200 e. The third-order valence-corrected chi connectivity index (χ3v) is 11.7. The molecule has 0 saturated heterocycles. The largest absolute Gasteiger partial charge is 0.222 e. The van der Waals surface area contributed by atoms with Crippen molar-refractivity contribution in [1.29, 1.82) is 0 Å². The van der Waals surface area contributed by atoms with Crippen LogP contribution < -0.4 is 9.75 Å². The van der Waals surface area contributed by atoms with Crippen molar-refractivity contribution in [2.75, 3.05) is 0 Å². The van der Waals surface area contributed by atoms with E-state index in [4.69, 9.17) is 0 Å². The Morgan fingerprint density at radius 1 is 0.900 bits per heavy atom. The molecular weight excluding hydrogens is 519 g/mol. The second-order valence-corrected chi connectivity index (χ2v) is 20.8. The summed E-state index contributed by atoms with van der Waals surface area (Å²) in [6, 6.07) is 19.2. The van der Waals surface area contributed by atoms with Gasteiger partial charge in [-0.2, -0.15) is 0 Å². The van der Waals surface area contributed by atoms with E-state index in [-0.39, 0.29) is 5.41 Å². The molecule has 2 heterocycles. The molecule has 0 bridgehead atoms. The fraction of sp³-hybridized carbons (Fsp3) is 0.378. The predicted molar refractivity (Wildman–Crippen MR) is 179 cm³/mol. The lowest BCUT2D eigenvalue weighted by Crippen LogP contribution is -2.38. The van der Waals surface area contributed by atoms with Crippen molar-refractivity contribution in [3.05, 3.63) is 71.4 Å². The Morgan fingerprint density at radius 2 is 1.65 bits per heavy atom. The molecule has 4 aromatic carbocycles. The maximum atomic E-state index is 2.50. The first-order chi connectivity index (χ1) is 18.7. The predicted octanol–water partition coefficient (Wildman–Crippen LogP) is 9.74. The number of pyridine rings is 1. The highest BCUT2D eigenvalue weighted by Gasteiger charge is 2.34. The third kappa shape index (κ3) is 4.50. The summed E-state index contributed by atoms with van der Waals surface area (Å²) in [5, 5.41) is 10.1. The quantitative estimate of drug-likeness (QED) is 0.117. The minimum absolute atomic E-state index is 0.192. The zero-order valence-corrected chi connectivity index (χ0v) is 27.9. The maximum Gasteiger partial charge on any atom is 0.222 e. The van der Waals surface area contributed by atoms with E-state index in [0.29, 0.717) is 5.92 Å². The van der Waals surface area contributed by atoms with E-state index in [0.717, 1.165) is 12.8 Å². The molecule has 0 aliphatic carbocycles. The van der Waals surface area contributed by atoms with Gasteiger partial charge in [0.1, 0.15) is 7.05 Å². The van der Waals surface area contributed by atoms with Gasteiger partial charge in [0.25, 0.3) is 0 Å². The van der Waals surface area contributed by atoms with E-state index < -0.39 is 8.07 Å². The summed E-state index contributed by atoms with van der Waals surface area (Å²) < 4.78 is 2.39. The molecule has 0 amide bonds. The fourth-order valence-electron chi connectivity index (χ4n) is 6.87. The van der Waals surface area contributed by atoms with Crippen molar-refractivity contribution in [3.63, 3.8) is 0 Å². The molecule has 0 fully saturated rings. The van der Waals surface area contributed by atoms with Gasteiger partial charge in [-0.25, -0.2) is 4.57 Å². The molecule has 0 unspecified atom stereocenters. The Kier molecular flexibility index (Phi) is 6.51. The Morgan fingerprint density at radius 3 is 2.33 bits per heavy atom. The first-order valence-corrected chi connectivity index (χ1v) is 19.2. The van der Waals surface area contributed by atoms with Crippen LogP contribution in [0.1, 0.15) is 51.3 Å². The van der Waals surface area contributed by atoms with Crippen LogP contribution in [0.2, 0.25) is 19.6 Å². The molecule has 5 aromatic rings. The average molecular weight is 563 g/mol. The van der Waals surface area contributed by atoms with E-state index >= 15 is 0 Å². The van der Waals surface area contributed by atoms with Crippen molar-refractivity contribution >= 4 is 57.3 Å².